The summed E-state index contributed by atoms with van der Waals surface area (Å²) < 4.78 is 13.6. The van der Waals surface area contributed by atoms with E-state index in [1.54, 1.807) is 0 Å². The Kier molecular flexibility index (Phi) is 20.2. The Hall–Kier alpha value is -10.4. The maximum Gasteiger partial charge on any atom is 0.264 e. The van der Waals surface area contributed by atoms with Gasteiger partial charge in [0.05, 0.1) is 22.7 Å². The van der Waals surface area contributed by atoms with Crippen molar-refractivity contribution in [3.63, 3.8) is 0 Å². The summed E-state index contributed by atoms with van der Waals surface area (Å²) in [6, 6.07) is 80.3. The number of hydrogen-bond donors (Lipinski definition) is 0. The molecule has 6 aliphatic heterocycles. The summed E-state index contributed by atoms with van der Waals surface area (Å²) in [5, 5.41) is 2.62. The molecule has 0 saturated heterocycles. The standard InChI is InChI=1S/C119H132B3N5OS2/c1-31-115(21,22)77-42-50-101-85(56-77)108-110(129-101)121-88-64-87-92(66-91(88)123(82-44-36-74(37-45-82)112(12,13)14)94-58-79(117(25,26)33-3)59-95(103(94)121)124(108)83-46-38-75(39-47-83)113(15,16)17)126(106-70(8)52-68(6)53-71(106)9)98-62-81(119(29,30)35-5)63-100-105(98)120(87)90-65-89-93(67-99(90)128-100)127(107-72(10)54-69(7)55-73(107)11)97-61-80(118(27,28)34-4)60-96-104(97)122(89)111-109(125(96)84-48-40-76(41-49-84)114(18,19)20)86-57-78(116(23,24)32-2)43-51-102(86)130-111/h36-67H,31-35H2,1-30H3. The monoisotopic (exact) mass is 1740 g/mol. The summed E-state index contributed by atoms with van der Waals surface area (Å²) in [4.78, 5) is 13.7. The van der Waals surface area contributed by atoms with Crippen molar-refractivity contribution >= 4 is 196 Å². The number of rotatable bonds is 15. The zero-order valence-corrected chi connectivity index (χ0v) is 84.8. The Morgan fingerprint density at radius 2 is 0.554 bits per heavy atom. The normalized spacial score (nSPS) is 14.6. The zero-order valence-electron chi connectivity index (χ0n) is 83.2. The molecular formula is C119H132B3N5OS2. The second kappa shape index (κ2) is 30.0. The van der Waals surface area contributed by atoms with Gasteiger partial charge in [-0.15, -0.1) is 22.7 Å². The topological polar surface area (TPSA) is 25.4 Å². The van der Waals surface area contributed by atoms with Crippen LogP contribution in [-0.4, -0.2) is 20.1 Å². The van der Waals surface area contributed by atoms with Crippen molar-refractivity contribution in [3.8, 4) is 11.5 Å². The second-order valence-corrected chi connectivity index (χ2v) is 48.1. The maximum absolute atomic E-state index is 8.30. The molecule has 0 amide bonds. The highest BCUT2D eigenvalue weighted by Crippen LogP contribution is 2.57. The van der Waals surface area contributed by atoms with E-state index in [0.29, 0.717) is 0 Å². The van der Waals surface area contributed by atoms with Gasteiger partial charge < -0.3 is 29.2 Å². The Morgan fingerprint density at radius 3 is 0.923 bits per heavy atom. The van der Waals surface area contributed by atoms with Gasteiger partial charge >= 0.3 is 0 Å². The molecule has 20 rings (SSSR count). The van der Waals surface area contributed by atoms with E-state index in [9.17, 15) is 0 Å². The Bertz CT molecular complexity index is 7020. The van der Waals surface area contributed by atoms with Crippen molar-refractivity contribution in [1.82, 2.24) is 0 Å². The van der Waals surface area contributed by atoms with Crippen LogP contribution in [0.2, 0.25) is 0 Å². The lowest BCUT2D eigenvalue weighted by molar-refractivity contribution is 0.475. The molecule has 8 heterocycles. The van der Waals surface area contributed by atoms with Crippen molar-refractivity contribution < 1.29 is 4.74 Å². The van der Waals surface area contributed by atoms with Crippen molar-refractivity contribution in [1.29, 1.82) is 0 Å². The van der Waals surface area contributed by atoms with Crippen LogP contribution in [0.15, 0.2) is 194 Å². The van der Waals surface area contributed by atoms with Gasteiger partial charge in [0.1, 0.15) is 11.5 Å². The van der Waals surface area contributed by atoms with Crippen LogP contribution in [0.5, 0.6) is 11.5 Å². The molecule has 14 aromatic rings. The number of fused-ring (bicyclic) bond motifs is 16. The van der Waals surface area contributed by atoms with Gasteiger partial charge in [-0.05, 0) is 325 Å². The van der Waals surface area contributed by atoms with Crippen LogP contribution in [0, 0.1) is 41.5 Å². The smallest absolute Gasteiger partial charge is 0.264 e. The second-order valence-electron chi connectivity index (χ2n) is 45.9. The van der Waals surface area contributed by atoms with E-state index in [4.69, 9.17) is 4.74 Å². The quantitative estimate of drug-likeness (QED) is 0.0949. The van der Waals surface area contributed by atoms with Crippen LogP contribution in [-0.2, 0) is 43.3 Å². The van der Waals surface area contributed by atoms with Crippen LogP contribution < -0.4 is 77.0 Å². The number of hydrogen-bond acceptors (Lipinski definition) is 8. The molecule has 0 bridgehead atoms. The Morgan fingerprint density at radius 1 is 0.254 bits per heavy atom. The molecule has 0 radical (unpaired) electrons. The van der Waals surface area contributed by atoms with E-state index in [0.717, 1.165) is 55.0 Å². The summed E-state index contributed by atoms with van der Waals surface area (Å²) in [5.41, 5.74) is 44.3. The molecular weight excluding hydrogens is 1610 g/mol. The van der Waals surface area contributed by atoms with E-state index in [-0.39, 0.29) is 63.5 Å². The van der Waals surface area contributed by atoms with Crippen molar-refractivity contribution in [2.24, 2.45) is 0 Å². The lowest BCUT2D eigenvalue weighted by Gasteiger charge is -2.47. The number of ether oxygens (including phenoxy) is 1. The van der Waals surface area contributed by atoms with Crippen molar-refractivity contribution in [2.75, 3.05) is 24.5 Å². The summed E-state index contributed by atoms with van der Waals surface area (Å²) in [6.07, 6.45) is 4.90. The molecule has 0 saturated carbocycles. The Balaban J connectivity index is 0.949. The van der Waals surface area contributed by atoms with Crippen LogP contribution in [0.25, 0.3) is 20.2 Å². The van der Waals surface area contributed by atoms with E-state index in [1.807, 2.05) is 22.7 Å². The fourth-order valence-corrected chi connectivity index (χ4v) is 25.0. The van der Waals surface area contributed by atoms with Crippen LogP contribution in [0.3, 0.4) is 0 Å². The molecule has 11 heteroatoms. The van der Waals surface area contributed by atoms with E-state index in [1.165, 1.54) is 220 Å². The first-order chi connectivity index (χ1) is 61.3. The van der Waals surface area contributed by atoms with Gasteiger partial charge in [0.15, 0.2) is 0 Å². The predicted octanol–water partition coefficient (Wildman–Crippen LogP) is 28.9. The number of benzene rings is 12. The molecule has 6 nitrogen and oxygen atoms in total. The fourth-order valence-electron chi connectivity index (χ4n) is 22.4. The van der Waals surface area contributed by atoms with Gasteiger partial charge in [-0.1, -0.05) is 262 Å². The molecule has 130 heavy (non-hydrogen) atoms. The van der Waals surface area contributed by atoms with Crippen molar-refractivity contribution in [2.45, 2.75) is 283 Å². The first kappa shape index (κ1) is 87.5. The highest BCUT2D eigenvalue weighted by Gasteiger charge is 2.54. The lowest BCUT2D eigenvalue weighted by atomic mass is 9.30. The fraction of sp³-hybridized carbons (Fsp3) is 0.361. The van der Waals surface area contributed by atoms with Gasteiger partial charge in [-0.3, -0.25) is 0 Å². The predicted molar refractivity (Wildman–Crippen MR) is 572 cm³/mol. The van der Waals surface area contributed by atoms with Crippen LogP contribution >= 0.6 is 22.7 Å². The third kappa shape index (κ3) is 13.5. The molecule has 0 fully saturated rings. The minimum atomic E-state index is -0.317. The number of nitrogens with zero attached hydrogens (tertiary/aromatic N) is 5. The molecule has 0 aliphatic carbocycles. The van der Waals surface area contributed by atoms with Crippen LogP contribution in [0.4, 0.5) is 85.3 Å². The molecule has 660 valence electrons. The van der Waals surface area contributed by atoms with Crippen LogP contribution in [0.1, 0.15) is 276 Å². The number of anilines is 15. The molecule has 2 aromatic heterocycles. The maximum atomic E-state index is 8.30. The average molecular weight is 1740 g/mol. The molecule has 0 N–H and O–H groups in total. The third-order valence-electron chi connectivity index (χ3n) is 32.4. The molecule has 6 aliphatic rings. The third-order valence-corrected chi connectivity index (χ3v) is 34.8. The largest absolute Gasteiger partial charge is 0.458 e. The van der Waals surface area contributed by atoms with E-state index < -0.39 is 0 Å². The van der Waals surface area contributed by atoms with E-state index in [2.05, 4.69) is 426 Å². The van der Waals surface area contributed by atoms with E-state index >= 15 is 0 Å². The number of aryl methyl sites for hydroxylation is 6. The zero-order chi connectivity index (χ0) is 92.3. The molecule has 12 aromatic carbocycles. The Labute approximate surface area is 786 Å². The summed E-state index contributed by atoms with van der Waals surface area (Å²) in [7, 11) is 0. The van der Waals surface area contributed by atoms with Gasteiger partial charge in [-0.2, -0.15) is 0 Å². The van der Waals surface area contributed by atoms with Gasteiger partial charge in [0.2, 0.25) is 0 Å². The minimum absolute atomic E-state index is 0.0424. The first-order valence-electron chi connectivity index (χ1n) is 48.5. The van der Waals surface area contributed by atoms with Gasteiger partial charge in [0.25, 0.3) is 20.1 Å². The van der Waals surface area contributed by atoms with Crippen molar-refractivity contribution in [3.05, 3.63) is 272 Å². The highest BCUT2D eigenvalue weighted by molar-refractivity contribution is 7.34. The minimum Gasteiger partial charge on any atom is -0.458 e. The molecule has 0 unspecified atom stereocenters. The highest BCUT2D eigenvalue weighted by atomic mass is 32.1. The summed E-state index contributed by atoms with van der Waals surface area (Å²) >= 11 is 4.03. The lowest BCUT2D eigenvalue weighted by Crippen LogP contribution is -2.65. The molecule has 0 atom stereocenters. The number of thiophene rings is 2. The van der Waals surface area contributed by atoms with Gasteiger partial charge in [0, 0.05) is 98.4 Å². The van der Waals surface area contributed by atoms with Gasteiger partial charge in [-0.25, -0.2) is 0 Å². The average Bonchev–Trinajstić information content (AvgIpc) is 1.06. The molecule has 0 spiro atoms. The SMILES string of the molecule is CCC(C)(C)c1cc2c3c(c1)N(c1c(C)cc(C)cc1C)c1cc4c(cc1B3c1cc3c(cc1O2)N(c1c(C)cc(C)cc1C)c1cc(C(C)(C)CC)cc2c1B3c1sc3ccc(C(C)(C)CC)cc3c1N2c1ccc(C(C)(C)C)cc1)B1c2sc3ccc(C(C)(C)CC)cc3c2N(c2ccc(C(C)(C)C)cc2)c2cc(C(C)(C)CC)cc(c21)N4c1ccc(C(C)(C)C)cc1. The summed E-state index contributed by atoms with van der Waals surface area (Å²) in [6.45, 7) is 70.8. The summed E-state index contributed by atoms with van der Waals surface area (Å²) in [5.74, 6) is 1.82. The first-order valence-corrected chi connectivity index (χ1v) is 50.1.